The Hall–Kier alpha value is -3.48. The van der Waals surface area contributed by atoms with Crippen LogP contribution in [0.4, 0.5) is 5.69 Å². The van der Waals surface area contributed by atoms with Crippen LogP contribution in [0.15, 0.2) is 54.7 Å². The normalized spacial score (nSPS) is 10.5. The Labute approximate surface area is 176 Å². The zero-order chi connectivity index (χ0) is 21.3. The molecule has 2 aromatic carbocycles. The number of benzene rings is 2. The Balaban J connectivity index is 1.55. The fourth-order valence-electron chi connectivity index (χ4n) is 2.89. The highest BCUT2D eigenvalue weighted by atomic mass is 16.5. The number of hydrogen-bond acceptors (Lipinski definition) is 5. The molecular weight excluding hydrogens is 382 g/mol. The SMILES string of the molecule is CCOc1ccc(COc2ccc(NC(=O)Cn3nccc3C)cc2)cc1OCC. The first-order valence-corrected chi connectivity index (χ1v) is 9.98. The zero-order valence-corrected chi connectivity index (χ0v) is 17.6. The van der Waals surface area contributed by atoms with Crippen molar-refractivity contribution in [3.05, 3.63) is 66.0 Å². The van der Waals surface area contributed by atoms with E-state index < -0.39 is 0 Å². The minimum Gasteiger partial charge on any atom is -0.490 e. The second kappa shape index (κ2) is 10.3. The summed E-state index contributed by atoms with van der Waals surface area (Å²) in [5.41, 5.74) is 2.63. The third-order valence-electron chi connectivity index (χ3n) is 4.37. The van der Waals surface area contributed by atoms with E-state index >= 15 is 0 Å². The first-order chi connectivity index (χ1) is 14.6. The van der Waals surface area contributed by atoms with Gasteiger partial charge in [-0.1, -0.05) is 6.07 Å². The van der Waals surface area contributed by atoms with Gasteiger partial charge >= 0.3 is 0 Å². The lowest BCUT2D eigenvalue weighted by Crippen LogP contribution is -2.20. The van der Waals surface area contributed by atoms with Crippen LogP contribution < -0.4 is 19.5 Å². The zero-order valence-electron chi connectivity index (χ0n) is 17.6. The summed E-state index contributed by atoms with van der Waals surface area (Å²) in [5, 5.41) is 6.98. The van der Waals surface area contributed by atoms with Crippen molar-refractivity contribution in [3.8, 4) is 17.2 Å². The van der Waals surface area contributed by atoms with Gasteiger partial charge in [0.25, 0.3) is 0 Å². The fraction of sp³-hybridized carbons (Fsp3) is 0.304. The molecule has 30 heavy (non-hydrogen) atoms. The van der Waals surface area contributed by atoms with Crippen molar-refractivity contribution in [1.82, 2.24) is 9.78 Å². The lowest BCUT2D eigenvalue weighted by atomic mass is 10.2. The molecule has 1 aromatic heterocycles. The van der Waals surface area contributed by atoms with E-state index in [1.54, 1.807) is 10.9 Å². The van der Waals surface area contributed by atoms with Crippen molar-refractivity contribution in [1.29, 1.82) is 0 Å². The Morgan fingerprint density at radius 1 is 0.967 bits per heavy atom. The number of hydrogen-bond donors (Lipinski definition) is 1. The molecule has 0 bridgehead atoms. The van der Waals surface area contributed by atoms with Crippen molar-refractivity contribution in [3.63, 3.8) is 0 Å². The Kier molecular flexibility index (Phi) is 7.32. The van der Waals surface area contributed by atoms with Gasteiger partial charge in [0.1, 0.15) is 18.9 Å². The molecule has 0 aliphatic rings. The molecule has 0 fully saturated rings. The number of anilines is 1. The van der Waals surface area contributed by atoms with Crippen LogP contribution in [0.3, 0.4) is 0 Å². The van der Waals surface area contributed by atoms with E-state index in [9.17, 15) is 4.79 Å². The monoisotopic (exact) mass is 409 g/mol. The maximum Gasteiger partial charge on any atom is 0.246 e. The Morgan fingerprint density at radius 2 is 1.70 bits per heavy atom. The number of nitrogens with zero attached hydrogens (tertiary/aromatic N) is 2. The van der Waals surface area contributed by atoms with E-state index in [0.29, 0.717) is 37.0 Å². The summed E-state index contributed by atoms with van der Waals surface area (Å²) in [6, 6.07) is 14.9. The highest BCUT2D eigenvalue weighted by molar-refractivity contribution is 5.90. The van der Waals surface area contributed by atoms with Gasteiger partial charge in [0.2, 0.25) is 5.91 Å². The second-order valence-electron chi connectivity index (χ2n) is 6.64. The molecule has 0 aliphatic heterocycles. The second-order valence-corrected chi connectivity index (χ2v) is 6.64. The van der Waals surface area contributed by atoms with Crippen molar-refractivity contribution in [2.75, 3.05) is 18.5 Å². The van der Waals surface area contributed by atoms with Crippen LogP contribution >= 0.6 is 0 Å². The van der Waals surface area contributed by atoms with E-state index in [1.165, 1.54) is 0 Å². The highest BCUT2D eigenvalue weighted by Crippen LogP contribution is 2.29. The molecule has 7 heteroatoms. The summed E-state index contributed by atoms with van der Waals surface area (Å²) in [5.74, 6) is 2.02. The molecular formula is C23H27N3O4. The molecule has 0 unspecified atom stereocenters. The van der Waals surface area contributed by atoms with Crippen molar-refractivity contribution >= 4 is 11.6 Å². The summed E-state index contributed by atoms with van der Waals surface area (Å²) in [7, 11) is 0. The van der Waals surface area contributed by atoms with Crippen LogP contribution in [-0.2, 0) is 17.9 Å². The molecule has 3 rings (SSSR count). The van der Waals surface area contributed by atoms with Gasteiger partial charge in [-0.15, -0.1) is 0 Å². The van der Waals surface area contributed by atoms with Gasteiger partial charge in [0, 0.05) is 17.6 Å². The molecule has 0 aliphatic carbocycles. The highest BCUT2D eigenvalue weighted by Gasteiger charge is 2.08. The molecule has 0 saturated carbocycles. The minimum absolute atomic E-state index is 0.131. The van der Waals surface area contributed by atoms with E-state index in [4.69, 9.17) is 14.2 Å². The standard InChI is InChI=1S/C23H27N3O4/c1-4-28-21-11-6-18(14-22(21)29-5-2)16-30-20-9-7-19(8-10-20)25-23(27)15-26-17(3)12-13-24-26/h6-14H,4-5,15-16H2,1-3H3,(H,25,27). The minimum atomic E-state index is -0.131. The van der Waals surface area contributed by atoms with Crippen molar-refractivity contribution in [2.45, 2.75) is 33.9 Å². The number of nitrogens with one attached hydrogen (secondary N) is 1. The van der Waals surface area contributed by atoms with Crippen molar-refractivity contribution < 1.29 is 19.0 Å². The fourth-order valence-corrected chi connectivity index (χ4v) is 2.89. The molecule has 0 spiro atoms. The molecule has 7 nitrogen and oxygen atoms in total. The van der Waals surface area contributed by atoms with E-state index in [-0.39, 0.29) is 12.5 Å². The number of carbonyl (C=O) groups is 1. The number of carbonyl (C=O) groups excluding carboxylic acids is 1. The first kappa shape index (κ1) is 21.2. The van der Waals surface area contributed by atoms with E-state index in [2.05, 4.69) is 10.4 Å². The lowest BCUT2D eigenvalue weighted by Gasteiger charge is -2.13. The van der Waals surface area contributed by atoms with Gasteiger partial charge in [-0.25, -0.2) is 0 Å². The predicted molar refractivity (Wildman–Crippen MR) is 115 cm³/mol. The maximum absolute atomic E-state index is 12.2. The summed E-state index contributed by atoms with van der Waals surface area (Å²) in [6.07, 6.45) is 1.68. The summed E-state index contributed by atoms with van der Waals surface area (Å²) < 4.78 is 18.8. The molecule has 0 radical (unpaired) electrons. The molecule has 158 valence electrons. The third kappa shape index (κ3) is 5.76. The van der Waals surface area contributed by atoms with Gasteiger partial charge in [0.15, 0.2) is 11.5 Å². The Morgan fingerprint density at radius 3 is 2.37 bits per heavy atom. The van der Waals surface area contributed by atoms with Gasteiger partial charge in [-0.05, 0) is 68.8 Å². The van der Waals surface area contributed by atoms with Crippen LogP contribution in [0.25, 0.3) is 0 Å². The maximum atomic E-state index is 12.2. The van der Waals surface area contributed by atoms with Gasteiger partial charge in [0.05, 0.1) is 13.2 Å². The number of amides is 1. The Bertz CT molecular complexity index is 967. The average molecular weight is 409 g/mol. The summed E-state index contributed by atoms with van der Waals surface area (Å²) >= 11 is 0. The van der Waals surface area contributed by atoms with Crippen LogP contribution in [0.1, 0.15) is 25.1 Å². The molecule has 0 atom stereocenters. The molecule has 3 aromatic rings. The smallest absolute Gasteiger partial charge is 0.246 e. The summed E-state index contributed by atoms with van der Waals surface area (Å²) in [6.45, 7) is 7.52. The molecule has 0 saturated heterocycles. The van der Waals surface area contributed by atoms with E-state index in [1.807, 2.05) is 69.3 Å². The van der Waals surface area contributed by atoms with Crippen LogP contribution in [0.2, 0.25) is 0 Å². The van der Waals surface area contributed by atoms with Crippen molar-refractivity contribution in [2.24, 2.45) is 0 Å². The largest absolute Gasteiger partial charge is 0.490 e. The first-order valence-electron chi connectivity index (χ1n) is 9.98. The van der Waals surface area contributed by atoms with Crippen LogP contribution in [0.5, 0.6) is 17.2 Å². The van der Waals surface area contributed by atoms with Crippen LogP contribution in [-0.4, -0.2) is 28.9 Å². The molecule has 1 amide bonds. The summed E-state index contributed by atoms with van der Waals surface area (Å²) in [4.78, 5) is 12.2. The van der Waals surface area contributed by atoms with Gasteiger partial charge in [-0.3, -0.25) is 9.48 Å². The number of aromatic nitrogens is 2. The topological polar surface area (TPSA) is 74.6 Å². The van der Waals surface area contributed by atoms with Gasteiger partial charge < -0.3 is 19.5 Å². The molecule has 1 heterocycles. The number of rotatable bonds is 10. The predicted octanol–water partition coefficient (Wildman–Crippen LogP) is 4.21. The van der Waals surface area contributed by atoms with Crippen LogP contribution in [0, 0.1) is 6.92 Å². The van der Waals surface area contributed by atoms with E-state index in [0.717, 1.165) is 17.0 Å². The third-order valence-corrected chi connectivity index (χ3v) is 4.37. The number of aryl methyl sites for hydroxylation is 1. The lowest BCUT2D eigenvalue weighted by molar-refractivity contribution is -0.116. The average Bonchev–Trinajstić information content (AvgIpc) is 3.14. The quantitative estimate of drug-likeness (QED) is 0.543. The molecule has 1 N–H and O–H groups in total. The number of ether oxygens (including phenoxy) is 3. The van der Waals surface area contributed by atoms with Gasteiger partial charge in [-0.2, -0.15) is 5.10 Å².